The molecule has 0 aliphatic carbocycles. The van der Waals surface area contributed by atoms with Crippen LogP contribution in [0.1, 0.15) is 11.1 Å². The Morgan fingerprint density at radius 2 is 1.61 bits per heavy atom. The van der Waals surface area contributed by atoms with Crippen molar-refractivity contribution in [3.05, 3.63) is 82.9 Å². The van der Waals surface area contributed by atoms with Crippen LogP contribution in [0.4, 0.5) is 0 Å². The number of hydrogen-bond acceptors (Lipinski definition) is 2. The van der Waals surface area contributed by atoms with Crippen LogP contribution in [0, 0.1) is 0 Å². The van der Waals surface area contributed by atoms with Crippen LogP contribution in [-0.2, 0) is 13.1 Å². The predicted molar refractivity (Wildman–Crippen MR) is 122 cm³/mol. The van der Waals surface area contributed by atoms with Crippen LogP contribution >= 0.6 is 23.8 Å². The molecule has 0 spiro atoms. The van der Waals surface area contributed by atoms with E-state index in [0.717, 1.165) is 49.4 Å². The molecular formula is C23H24ClN3S. The van der Waals surface area contributed by atoms with Gasteiger partial charge in [0, 0.05) is 44.3 Å². The molecule has 3 nitrogen and oxygen atoms in total. The Hall–Kier alpha value is -2.14. The van der Waals surface area contributed by atoms with Crippen LogP contribution < -0.4 is 5.32 Å². The number of piperazine rings is 1. The van der Waals surface area contributed by atoms with Crippen LogP contribution in [0.15, 0.2) is 66.7 Å². The molecule has 0 unspecified atom stereocenters. The fraction of sp³-hybridized carbons (Fsp3) is 0.261. The molecule has 0 atom stereocenters. The third-order valence-electron chi connectivity index (χ3n) is 5.29. The van der Waals surface area contributed by atoms with Crippen molar-refractivity contribution in [1.82, 2.24) is 15.1 Å². The van der Waals surface area contributed by atoms with E-state index in [2.05, 4.69) is 57.6 Å². The van der Waals surface area contributed by atoms with Gasteiger partial charge in [0.25, 0.3) is 0 Å². The summed E-state index contributed by atoms with van der Waals surface area (Å²) in [5, 5.41) is 7.63. The van der Waals surface area contributed by atoms with Crippen LogP contribution in [0.5, 0.6) is 0 Å². The summed E-state index contributed by atoms with van der Waals surface area (Å²) in [5.41, 5.74) is 2.58. The average Bonchev–Trinajstić information content (AvgIpc) is 2.74. The Labute approximate surface area is 176 Å². The van der Waals surface area contributed by atoms with Crippen molar-refractivity contribution in [2.24, 2.45) is 0 Å². The zero-order valence-electron chi connectivity index (χ0n) is 15.8. The highest BCUT2D eigenvalue weighted by atomic mass is 35.5. The van der Waals surface area contributed by atoms with E-state index < -0.39 is 0 Å². The van der Waals surface area contributed by atoms with Gasteiger partial charge in [0.15, 0.2) is 5.11 Å². The molecule has 3 aromatic rings. The van der Waals surface area contributed by atoms with Gasteiger partial charge in [-0.1, -0.05) is 66.2 Å². The fourth-order valence-electron chi connectivity index (χ4n) is 3.67. The zero-order chi connectivity index (χ0) is 19.3. The monoisotopic (exact) mass is 409 g/mol. The van der Waals surface area contributed by atoms with Gasteiger partial charge in [-0.15, -0.1) is 0 Å². The van der Waals surface area contributed by atoms with Crippen LogP contribution in [0.2, 0.25) is 5.02 Å². The number of thiocarbonyl (C=S) groups is 1. The molecule has 3 aromatic carbocycles. The summed E-state index contributed by atoms with van der Waals surface area (Å²) < 4.78 is 0. The van der Waals surface area contributed by atoms with E-state index in [4.69, 9.17) is 23.8 Å². The summed E-state index contributed by atoms with van der Waals surface area (Å²) in [7, 11) is 0. The van der Waals surface area contributed by atoms with Crippen LogP contribution in [0.25, 0.3) is 10.8 Å². The van der Waals surface area contributed by atoms with E-state index in [0.29, 0.717) is 0 Å². The van der Waals surface area contributed by atoms with Crippen LogP contribution in [-0.4, -0.2) is 41.1 Å². The predicted octanol–water partition coefficient (Wildman–Crippen LogP) is 4.69. The second-order valence-corrected chi connectivity index (χ2v) is 8.01. The average molecular weight is 410 g/mol. The number of benzene rings is 3. The van der Waals surface area contributed by atoms with Gasteiger partial charge in [0.05, 0.1) is 0 Å². The lowest BCUT2D eigenvalue weighted by molar-refractivity contribution is 0.175. The Kier molecular flexibility index (Phi) is 6.10. The standard InChI is InChI=1S/C23H24ClN3S/c24-21-10-8-18(9-11-21)16-25-23(28)27-14-12-26(13-15-27)17-20-6-3-5-19-4-1-2-7-22(19)20/h1-11H,12-17H2,(H,25,28). The van der Waals surface area contributed by atoms with E-state index in [9.17, 15) is 0 Å². The Morgan fingerprint density at radius 3 is 2.39 bits per heavy atom. The summed E-state index contributed by atoms with van der Waals surface area (Å²) in [4.78, 5) is 4.78. The molecular weight excluding hydrogens is 386 g/mol. The number of nitrogens with zero attached hydrogens (tertiary/aromatic N) is 2. The van der Waals surface area contributed by atoms with Crippen molar-refractivity contribution in [1.29, 1.82) is 0 Å². The zero-order valence-corrected chi connectivity index (χ0v) is 17.3. The van der Waals surface area contributed by atoms with E-state index in [1.165, 1.54) is 21.9 Å². The van der Waals surface area contributed by atoms with E-state index >= 15 is 0 Å². The quantitative estimate of drug-likeness (QED) is 0.630. The first kappa shape index (κ1) is 19.2. The molecule has 28 heavy (non-hydrogen) atoms. The summed E-state index contributed by atoms with van der Waals surface area (Å²) in [5.74, 6) is 0. The molecule has 0 saturated carbocycles. The van der Waals surface area contributed by atoms with E-state index in [-0.39, 0.29) is 0 Å². The van der Waals surface area contributed by atoms with Crippen molar-refractivity contribution < 1.29 is 0 Å². The number of nitrogens with one attached hydrogen (secondary N) is 1. The van der Waals surface area contributed by atoms with Gasteiger partial charge in [-0.05, 0) is 46.2 Å². The third-order valence-corrected chi connectivity index (χ3v) is 5.94. The molecule has 5 heteroatoms. The Balaban J connectivity index is 1.29. The molecule has 144 valence electrons. The fourth-order valence-corrected chi connectivity index (χ4v) is 4.05. The summed E-state index contributed by atoms with van der Waals surface area (Å²) in [6.07, 6.45) is 0. The lowest BCUT2D eigenvalue weighted by Crippen LogP contribution is -2.51. The van der Waals surface area contributed by atoms with Gasteiger partial charge in [0.2, 0.25) is 0 Å². The highest BCUT2D eigenvalue weighted by molar-refractivity contribution is 7.80. The molecule has 1 saturated heterocycles. The number of halogens is 1. The van der Waals surface area contributed by atoms with Gasteiger partial charge in [-0.2, -0.15) is 0 Å². The number of rotatable bonds is 4. The normalized spacial score (nSPS) is 15.0. The maximum absolute atomic E-state index is 5.94. The minimum Gasteiger partial charge on any atom is -0.358 e. The topological polar surface area (TPSA) is 18.5 Å². The summed E-state index contributed by atoms with van der Waals surface area (Å²) in [6.45, 7) is 5.67. The molecule has 4 rings (SSSR count). The lowest BCUT2D eigenvalue weighted by Gasteiger charge is -2.36. The summed E-state index contributed by atoms with van der Waals surface area (Å²) in [6, 6.07) is 23.1. The van der Waals surface area contributed by atoms with E-state index in [1.807, 2.05) is 24.3 Å². The van der Waals surface area contributed by atoms with E-state index in [1.54, 1.807) is 0 Å². The maximum atomic E-state index is 5.94. The second-order valence-electron chi connectivity index (χ2n) is 7.19. The second kappa shape index (κ2) is 8.91. The van der Waals surface area contributed by atoms with Crippen molar-refractivity contribution in [2.75, 3.05) is 26.2 Å². The highest BCUT2D eigenvalue weighted by Gasteiger charge is 2.19. The SMILES string of the molecule is S=C(NCc1ccc(Cl)cc1)N1CCN(Cc2cccc3ccccc23)CC1. The lowest BCUT2D eigenvalue weighted by atomic mass is 10.0. The Bertz CT molecular complexity index is 944. The van der Waals surface area contributed by atoms with Gasteiger partial charge in [-0.3, -0.25) is 4.90 Å². The highest BCUT2D eigenvalue weighted by Crippen LogP contribution is 2.20. The first-order chi connectivity index (χ1) is 13.7. The molecule has 0 amide bonds. The number of fused-ring (bicyclic) bond motifs is 1. The van der Waals surface area contributed by atoms with Crippen molar-refractivity contribution in [2.45, 2.75) is 13.1 Å². The van der Waals surface area contributed by atoms with Crippen molar-refractivity contribution >= 4 is 39.7 Å². The van der Waals surface area contributed by atoms with Gasteiger partial charge >= 0.3 is 0 Å². The van der Waals surface area contributed by atoms with Gasteiger partial charge in [0.1, 0.15) is 0 Å². The molecule has 0 radical (unpaired) electrons. The molecule has 1 aliphatic heterocycles. The third kappa shape index (κ3) is 4.64. The Morgan fingerprint density at radius 1 is 0.893 bits per heavy atom. The largest absolute Gasteiger partial charge is 0.358 e. The smallest absolute Gasteiger partial charge is 0.169 e. The minimum atomic E-state index is 0.728. The summed E-state index contributed by atoms with van der Waals surface area (Å²) >= 11 is 11.5. The number of hydrogen-bond donors (Lipinski definition) is 1. The van der Waals surface area contributed by atoms with Crippen LogP contribution in [0.3, 0.4) is 0 Å². The van der Waals surface area contributed by atoms with Gasteiger partial charge < -0.3 is 10.2 Å². The van der Waals surface area contributed by atoms with Gasteiger partial charge in [-0.25, -0.2) is 0 Å². The first-order valence-electron chi connectivity index (χ1n) is 9.65. The molecule has 0 aromatic heterocycles. The molecule has 0 bridgehead atoms. The molecule has 1 fully saturated rings. The van der Waals surface area contributed by atoms with Crippen molar-refractivity contribution in [3.8, 4) is 0 Å². The first-order valence-corrected chi connectivity index (χ1v) is 10.4. The maximum Gasteiger partial charge on any atom is 0.169 e. The minimum absolute atomic E-state index is 0.728. The molecule has 1 N–H and O–H groups in total. The molecule has 1 aliphatic rings. The molecule has 1 heterocycles. The van der Waals surface area contributed by atoms with Crippen molar-refractivity contribution in [3.63, 3.8) is 0 Å².